The van der Waals surface area contributed by atoms with Crippen molar-refractivity contribution in [2.75, 3.05) is 11.3 Å². The Kier molecular flexibility index (Phi) is 5.33. The minimum Gasteiger partial charge on any atom is -0.461 e. The summed E-state index contributed by atoms with van der Waals surface area (Å²) in [6.07, 6.45) is 0. The normalized spacial score (nSPS) is 11.5. The monoisotopic (exact) mass is 400 g/mol. The van der Waals surface area contributed by atoms with Gasteiger partial charge in [0.05, 0.1) is 16.0 Å². The summed E-state index contributed by atoms with van der Waals surface area (Å²) in [5.74, 6) is -0.695. The molecular formula is C11H10Cl2N2O4S3. The summed E-state index contributed by atoms with van der Waals surface area (Å²) >= 11 is 13.6. The van der Waals surface area contributed by atoms with Gasteiger partial charge in [0.15, 0.2) is 5.69 Å². The topological polar surface area (TPSA) is 85.4 Å². The Morgan fingerprint density at radius 1 is 1.41 bits per heavy atom. The van der Waals surface area contributed by atoms with Crippen molar-refractivity contribution in [2.45, 2.75) is 18.7 Å². The first-order valence-corrected chi connectivity index (χ1v) is 9.74. The van der Waals surface area contributed by atoms with Crippen molar-refractivity contribution in [1.82, 2.24) is 4.98 Å². The van der Waals surface area contributed by atoms with E-state index in [9.17, 15) is 13.2 Å². The van der Waals surface area contributed by atoms with Crippen LogP contribution in [0.15, 0.2) is 11.0 Å². The van der Waals surface area contributed by atoms with Crippen molar-refractivity contribution in [3.8, 4) is 0 Å². The smallest absolute Gasteiger partial charge is 0.360 e. The predicted octanol–water partition coefficient (Wildman–Crippen LogP) is 3.80. The zero-order valence-electron chi connectivity index (χ0n) is 11.3. The number of carbonyl (C=O) groups excluding carboxylic acids is 1. The minimum absolute atomic E-state index is 0.0384. The van der Waals surface area contributed by atoms with Crippen molar-refractivity contribution in [2.24, 2.45) is 0 Å². The highest BCUT2D eigenvalue weighted by atomic mass is 35.5. The van der Waals surface area contributed by atoms with Gasteiger partial charge < -0.3 is 4.74 Å². The summed E-state index contributed by atoms with van der Waals surface area (Å²) in [5.41, 5.74) is -0.0784. The fourth-order valence-electron chi connectivity index (χ4n) is 1.52. The number of aryl methyl sites for hydroxylation is 1. The fraction of sp³-hybridized carbons (Fsp3) is 0.273. The molecule has 1 N–H and O–H groups in total. The molecule has 0 fully saturated rings. The van der Waals surface area contributed by atoms with Gasteiger partial charge in [-0.15, -0.1) is 22.7 Å². The second-order valence-corrected chi connectivity index (χ2v) is 9.06. The maximum atomic E-state index is 12.4. The first-order valence-electron chi connectivity index (χ1n) is 5.86. The molecule has 0 amide bonds. The number of halogens is 2. The number of nitrogens with zero attached hydrogens (tertiary/aromatic N) is 1. The lowest BCUT2D eigenvalue weighted by atomic mass is 10.4. The quantitative estimate of drug-likeness (QED) is 0.771. The van der Waals surface area contributed by atoms with Crippen LogP contribution >= 0.6 is 45.9 Å². The Bertz CT molecular complexity index is 813. The Hall–Kier alpha value is -0.870. The maximum Gasteiger partial charge on any atom is 0.360 e. The van der Waals surface area contributed by atoms with Gasteiger partial charge in [0, 0.05) is 0 Å². The molecule has 0 spiro atoms. The SMILES string of the molecule is CCOC(=O)c1nc(C)sc1NS(=O)(=O)c1cc(Cl)sc1Cl. The van der Waals surface area contributed by atoms with Crippen LogP contribution in [0.25, 0.3) is 0 Å². The van der Waals surface area contributed by atoms with E-state index in [1.54, 1.807) is 13.8 Å². The first kappa shape index (κ1) is 17.5. The predicted molar refractivity (Wildman–Crippen MR) is 88.0 cm³/mol. The number of sulfonamides is 1. The largest absolute Gasteiger partial charge is 0.461 e. The van der Waals surface area contributed by atoms with Gasteiger partial charge in [0.2, 0.25) is 0 Å². The van der Waals surface area contributed by atoms with Gasteiger partial charge in [-0.25, -0.2) is 18.2 Å². The van der Waals surface area contributed by atoms with E-state index in [1.165, 1.54) is 6.07 Å². The van der Waals surface area contributed by atoms with Crippen molar-refractivity contribution >= 4 is 66.9 Å². The minimum atomic E-state index is -3.97. The third kappa shape index (κ3) is 3.72. The molecule has 120 valence electrons. The molecule has 0 atom stereocenters. The Balaban J connectivity index is 2.38. The van der Waals surface area contributed by atoms with Gasteiger partial charge >= 0.3 is 5.97 Å². The molecule has 2 heterocycles. The fourth-order valence-corrected chi connectivity index (χ4v) is 5.78. The lowest BCUT2D eigenvalue weighted by Crippen LogP contribution is -2.15. The number of aromatic nitrogens is 1. The molecule has 0 aliphatic rings. The van der Waals surface area contributed by atoms with Gasteiger partial charge in [-0.05, 0) is 19.9 Å². The zero-order chi connectivity index (χ0) is 16.5. The van der Waals surface area contributed by atoms with Crippen LogP contribution in [-0.4, -0.2) is 26.0 Å². The number of anilines is 1. The second kappa shape index (κ2) is 6.71. The van der Waals surface area contributed by atoms with Crippen LogP contribution in [0.1, 0.15) is 22.4 Å². The standard InChI is InChI=1S/C11H10Cl2N2O4S3/c1-3-19-11(16)8-10(20-5(2)14-8)15-22(17,18)6-4-7(12)21-9(6)13/h4,15H,3H2,1-2H3. The average Bonchev–Trinajstić information content (AvgIpc) is 2.92. The molecule has 0 aliphatic heterocycles. The van der Waals surface area contributed by atoms with Crippen LogP contribution in [0.5, 0.6) is 0 Å². The van der Waals surface area contributed by atoms with Gasteiger partial charge in [-0.2, -0.15) is 0 Å². The van der Waals surface area contributed by atoms with Gasteiger partial charge in [-0.3, -0.25) is 4.72 Å². The molecule has 0 unspecified atom stereocenters. The number of esters is 1. The van der Waals surface area contributed by atoms with Crippen LogP contribution in [-0.2, 0) is 14.8 Å². The molecule has 22 heavy (non-hydrogen) atoms. The molecule has 0 aliphatic carbocycles. The van der Waals surface area contributed by atoms with E-state index in [1.807, 2.05) is 0 Å². The summed E-state index contributed by atoms with van der Waals surface area (Å²) in [6.45, 7) is 3.46. The number of hydrogen-bond donors (Lipinski definition) is 1. The Morgan fingerprint density at radius 2 is 2.09 bits per heavy atom. The maximum absolute atomic E-state index is 12.4. The van der Waals surface area contributed by atoms with E-state index in [0.717, 1.165) is 22.7 Å². The van der Waals surface area contributed by atoms with Crippen LogP contribution in [0.3, 0.4) is 0 Å². The summed E-state index contributed by atoms with van der Waals surface area (Å²) < 4.78 is 32.2. The van der Waals surface area contributed by atoms with Gasteiger partial charge in [0.1, 0.15) is 14.2 Å². The molecule has 0 saturated heterocycles. The zero-order valence-corrected chi connectivity index (χ0v) is 15.3. The summed E-state index contributed by atoms with van der Waals surface area (Å²) in [4.78, 5) is 15.7. The van der Waals surface area contributed by atoms with Crippen molar-refractivity contribution < 1.29 is 17.9 Å². The van der Waals surface area contributed by atoms with Crippen LogP contribution < -0.4 is 4.72 Å². The molecule has 2 aromatic rings. The average molecular weight is 401 g/mol. The highest BCUT2D eigenvalue weighted by Gasteiger charge is 2.26. The lowest BCUT2D eigenvalue weighted by Gasteiger charge is -2.06. The third-order valence-electron chi connectivity index (χ3n) is 2.34. The summed E-state index contributed by atoms with van der Waals surface area (Å²) in [6, 6.07) is 1.24. The summed E-state index contributed by atoms with van der Waals surface area (Å²) in [7, 11) is -3.97. The molecule has 0 bridgehead atoms. The lowest BCUT2D eigenvalue weighted by molar-refractivity contribution is 0.0521. The number of ether oxygens (including phenoxy) is 1. The molecule has 2 aromatic heterocycles. The van der Waals surface area contributed by atoms with E-state index in [4.69, 9.17) is 27.9 Å². The van der Waals surface area contributed by atoms with E-state index >= 15 is 0 Å². The molecule has 6 nitrogen and oxygen atoms in total. The molecular weight excluding hydrogens is 391 g/mol. The number of carbonyl (C=O) groups is 1. The van der Waals surface area contributed by atoms with Gasteiger partial charge in [-0.1, -0.05) is 23.2 Å². The Morgan fingerprint density at radius 3 is 2.64 bits per heavy atom. The van der Waals surface area contributed by atoms with Crippen molar-refractivity contribution in [1.29, 1.82) is 0 Å². The first-order chi connectivity index (χ1) is 10.2. The van der Waals surface area contributed by atoms with Crippen LogP contribution in [0.4, 0.5) is 5.00 Å². The number of nitrogens with one attached hydrogen (secondary N) is 1. The second-order valence-electron chi connectivity index (χ2n) is 3.93. The number of thiophene rings is 1. The van der Waals surface area contributed by atoms with E-state index in [2.05, 4.69) is 9.71 Å². The molecule has 11 heteroatoms. The highest BCUT2D eigenvalue weighted by molar-refractivity contribution is 7.93. The third-order valence-corrected chi connectivity index (χ3v) is 6.46. The van der Waals surface area contributed by atoms with E-state index in [0.29, 0.717) is 5.01 Å². The van der Waals surface area contributed by atoms with Crippen LogP contribution in [0, 0.1) is 6.92 Å². The number of thiazole rings is 1. The van der Waals surface area contributed by atoms with Crippen molar-refractivity contribution in [3.05, 3.63) is 25.4 Å². The number of rotatable bonds is 5. The summed E-state index contributed by atoms with van der Waals surface area (Å²) in [5, 5.41) is 0.601. The molecule has 0 aromatic carbocycles. The van der Waals surface area contributed by atoms with E-state index < -0.39 is 16.0 Å². The van der Waals surface area contributed by atoms with Gasteiger partial charge in [0.25, 0.3) is 10.0 Å². The van der Waals surface area contributed by atoms with E-state index in [-0.39, 0.29) is 30.9 Å². The molecule has 0 saturated carbocycles. The van der Waals surface area contributed by atoms with Crippen molar-refractivity contribution in [3.63, 3.8) is 0 Å². The van der Waals surface area contributed by atoms with Crippen LogP contribution in [0.2, 0.25) is 8.67 Å². The molecule has 2 rings (SSSR count). The highest BCUT2D eigenvalue weighted by Crippen LogP contribution is 2.36. The number of hydrogen-bond acceptors (Lipinski definition) is 7. The Labute approximate surface area is 145 Å². The molecule has 0 radical (unpaired) electrons.